The Bertz CT molecular complexity index is 1270. The lowest BCUT2D eigenvalue weighted by Crippen LogP contribution is -2.68. The molecule has 2 aliphatic rings. The summed E-state index contributed by atoms with van der Waals surface area (Å²) in [5, 5.41) is 7.55. The van der Waals surface area contributed by atoms with E-state index in [2.05, 4.69) is 16.0 Å². The minimum Gasteiger partial charge on any atom is -0.445 e. The molecule has 13 nitrogen and oxygen atoms in total. The topological polar surface area (TPSA) is 174 Å². The molecular formula is C22H23N5O8S. The maximum absolute atomic E-state index is 12.6. The Morgan fingerprint density at radius 3 is 2.28 bits per heavy atom. The maximum atomic E-state index is 12.6. The minimum absolute atomic E-state index is 0.0766. The van der Waals surface area contributed by atoms with Crippen LogP contribution < -0.4 is 16.0 Å². The van der Waals surface area contributed by atoms with Gasteiger partial charge in [0.25, 0.3) is 5.91 Å². The lowest BCUT2D eigenvalue weighted by Gasteiger charge is -2.42. The van der Waals surface area contributed by atoms with Crippen LogP contribution in [-0.4, -0.2) is 71.3 Å². The second-order valence-electron chi connectivity index (χ2n) is 8.08. The number of β-lactam (4-membered cyclic amide) rings is 1. The summed E-state index contributed by atoms with van der Waals surface area (Å²) in [5.41, 5.74) is 1.60. The van der Waals surface area contributed by atoms with Gasteiger partial charge in [-0.1, -0.05) is 30.3 Å². The summed E-state index contributed by atoms with van der Waals surface area (Å²) in [4.78, 5) is 49.7. The average Bonchev–Trinajstić information content (AvgIpc) is 3.21. The van der Waals surface area contributed by atoms with Gasteiger partial charge in [-0.05, 0) is 36.2 Å². The molecule has 2 aliphatic heterocycles. The van der Waals surface area contributed by atoms with E-state index in [-0.39, 0.29) is 26.1 Å². The molecule has 2 atom stereocenters. The van der Waals surface area contributed by atoms with Crippen molar-refractivity contribution in [3.63, 3.8) is 0 Å². The van der Waals surface area contributed by atoms with Crippen molar-refractivity contribution < 1.29 is 36.9 Å². The molecule has 0 aliphatic carbocycles. The van der Waals surface area contributed by atoms with Crippen molar-refractivity contribution in [3.8, 4) is 0 Å². The van der Waals surface area contributed by atoms with Crippen LogP contribution >= 0.6 is 0 Å². The number of likely N-dealkylation sites (tertiary alicyclic amines) is 1. The van der Waals surface area contributed by atoms with Gasteiger partial charge in [0.2, 0.25) is 5.91 Å². The number of carbonyl (C=O) groups excluding carboxylic acids is 4. The molecule has 2 heterocycles. The van der Waals surface area contributed by atoms with E-state index in [4.69, 9.17) is 9.29 Å². The Hall–Kier alpha value is -4.17. The van der Waals surface area contributed by atoms with Crippen LogP contribution in [0.15, 0.2) is 54.6 Å². The number of carbonyl (C=O) groups is 4. The molecule has 0 aromatic heterocycles. The van der Waals surface area contributed by atoms with Gasteiger partial charge in [-0.3, -0.25) is 14.1 Å². The number of ether oxygens (including phenoxy) is 1. The molecule has 36 heavy (non-hydrogen) atoms. The Balaban J connectivity index is 1.21. The molecule has 4 N–H and O–H groups in total. The number of rotatable bonds is 7. The van der Waals surface area contributed by atoms with E-state index in [0.29, 0.717) is 15.7 Å². The number of fused-ring (bicyclic) bond motifs is 1. The first-order valence-corrected chi connectivity index (χ1v) is 12.3. The summed E-state index contributed by atoms with van der Waals surface area (Å²) in [6.07, 6.45) is -0.511. The molecule has 2 aromatic rings. The Morgan fingerprint density at radius 1 is 1.00 bits per heavy atom. The smallest absolute Gasteiger partial charge is 0.407 e. The molecule has 5 amide bonds. The van der Waals surface area contributed by atoms with Gasteiger partial charge in [0, 0.05) is 17.9 Å². The summed E-state index contributed by atoms with van der Waals surface area (Å²) >= 11 is 0. The molecule has 2 fully saturated rings. The van der Waals surface area contributed by atoms with Crippen molar-refractivity contribution in [1.82, 2.24) is 14.5 Å². The summed E-state index contributed by atoms with van der Waals surface area (Å²) in [5.74, 6) is -1.34. The Kier molecular flexibility index (Phi) is 7.07. The number of anilines is 2. The van der Waals surface area contributed by atoms with Crippen molar-refractivity contribution in [2.45, 2.75) is 25.1 Å². The lowest BCUT2D eigenvalue weighted by molar-refractivity contribution is -0.143. The second-order valence-corrected chi connectivity index (χ2v) is 9.37. The van der Waals surface area contributed by atoms with Crippen LogP contribution in [0, 0.1) is 0 Å². The number of nitrogens with one attached hydrogen (secondary N) is 3. The highest BCUT2D eigenvalue weighted by atomic mass is 32.2. The van der Waals surface area contributed by atoms with Crippen LogP contribution in [0.5, 0.6) is 0 Å². The standard InChI is InChI=1S/C22H23N5O8S/c28-18(12-23-22(31)35-13-14-4-2-1-3-5-14)24-15-6-8-16(9-7-15)25-21(30)26-11-10-17-19(26)20(29)27(17)36(32,33)34/h1-9,17,19H,10-13H2,(H,23,31)(H,24,28)(H,25,30)(H,32,33,34)/t17-,19-/m1/s1. The summed E-state index contributed by atoms with van der Waals surface area (Å²) in [6, 6.07) is 12.9. The molecule has 2 saturated heterocycles. The van der Waals surface area contributed by atoms with Crippen molar-refractivity contribution in [1.29, 1.82) is 0 Å². The molecule has 190 valence electrons. The molecular weight excluding hydrogens is 494 g/mol. The van der Waals surface area contributed by atoms with E-state index in [1.165, 1.54) is 29.2 Å². The second kappa shape index (κ2) is 10.2. The number of benzene rings is 2. The van der Waals surface area contributed by atoms with Gasteiger partial charge >= 0.3 is 22.4 Å². The van der Waals surface area contributed by atoms with Crippen LogP contribution in [0.1, 0.15) is 12.0 Å². The molecule has 0 spiro atoms. The number of nitrogens with zero attached hydrogens (tertiary/aromatic N) is 2. The third-order valence-corrected chi connectivity index (χ3v) is 6.62. The number of alkyl carbamates (subject to hydrolysis) is 1. The first-order chi connectivity index (χ1) is 17.1. The predicted molar refractivity (Wildman–Crippen MR) is 126 cm³/mol. The average molecular weight is 518 g/mol. The maximum Gasteiger partial charge on any atom is 0.407 e. The minimum atomic E-state index is -4.66. The zero-order valence-corrected chi connectivity index (χ0v) is 19.6. The zero-order chi connectivity index (χ0) is 25.9. The molecule has 2 aromatic carbocycles. The van der Waals surface area contributed by atoms with Crippen molar-refractivity contribution >= 4 is 45.6 Å². The number of amides is 5. The summed E-state index contributed by atoms with van der Waals surface area (Å²) < 4.78 is 37.1. The third kappa shape index (κ3) is 5.55. The van der Waals surface area contributed by atoms with E-state index in [9.17, 15) is 27.6 Å². The fourth-order valence-corrected chi connectivity index (χ4v) is 4.91. The normalized spacial score (nSPS) is 18.6. The summed E-state index contributed by atoms with van der Waals surface area (Å²) in [7, 11) is -4.66. The molecule has 0 saturated carbocycles. The van der Waals surface area contributed by atoms with Crippen molar-refractivity contribution in [2.75, 3.05) is 23.7 Å². The van der Waals surface area contributed by atoms with Gasteiger partial charge in [0.05, 0.1) is 6.04 Å². The largest absolute Gasteiger partial charge is 0.445 e. The van der Waals surface area contributed by atoms with Gasteiger partial charge in [0.1, 0.15) is 19.2 Å². The van der Waals surface area contributed by atoms with Crippen molar-refractivity contribution in [3.05, 3.63) is 60.2 Å². The Morgan fingerprint density at radius 2 is 1.64 bits per heavy atom. The molecule has 0 unspecified atom stereocenters. The van der Waals surface area contributed by atoms with Crippen LogP contribution in [0.4, 0.5) is 21.0 Å². The van der Waals surface area contributed by atoms with E-state index >= 15 is 0 Å². The third-order valence-electron chi connectivity index (χ3n) is 5.67. The van der Waals surface area contributed by atoms with Crippen LogP contribution in [0.25, 0.3) is 0 Å². The van der Waals surface area contributed by atoms with Gasteiger partial charge in [-0.2, -0.15) is 8.42 Å². The van der Waals surface area contributed by atoms with E-state index in [1.807, 2.05) is 18.2 Å². The van der Waals surface area contributed by atoms with Crippen LogP contribution in [0.3, 0.4) is 0 Å². The first-order valence-electron chi connectivity index (χ1n) is 10.9. The van der Waals surface area contributed by atoms with Gasteiger partial charge < -0.3 is 25.6 Å². The monoisotopic (exact) mass is 517 g/mol. The van der Waals surface area contributed by atoms with E-state index in [0.717, 1.165) is 5.56 Å². The van der Waals surface area contributed by atoms with Crippen molar-refractivity contribution in [2.24, 2.45) is 0 Å². The molecule has 0 radical (unpaired) electrons. The predicted octanol–water partition coefficient (Wildman–Crippen LogP) is 1.17. The van der Waals surface area contributed by atoms with Crippen LogP contribution in [-0.2, 0) is 31.2 Å². The van der Waals surface area contributed by atoms with Gasteiger partial charge in [-0.25, -0.2) is 13.9 Å². The Labute approximate surface area is 206 Å². The quantitative estimate of drug-likeness (QED) is 0.313. The highest BCUT2D eigenvalue weighted by Crippen LogP contribution is 2.35. The summed E-state index contributed by atoms with van der Waals surface area (Å²) in [6.45, 7) is -0.0840. The first kappa shape index (κ1) is 24.9. The van der Waals surface area contributed by atoms with Crippen LogP contribution in [0.2, 0.25) is 0 Å². The number of urea groups is 1. The number of hydrogen-bond donors (Lipinski definition) is 4. The highest BCUT2D eigenvalue weighted by molar-refractivity contribution is 7.84. The van der Waals surface area contributed by atoms with Gasteiger partial charge in [-0.15, -0.1) is 0 Å². The lowest BCUT2D eigenvalue weighted by atomic mass is 10.0. The fourth-order valence-electron chi connectivity index (χ4n) is 4.01. The molecule has 0 bridgehead atoms. The molecule has 4 rings (SSSR count). The number of hydrogen-bond acceptors (Lipinski definition) is 7. The highest BCUT2D eigenvalue weighted by Gasteiger charge is 2.60. The SMILES string of the molecule is O=C(CNC(=O)OCc1ccccc1)Nc1ccc(NC(=O)N2CC[C@@H]3[C@@H]2C(=O)N3S(=O)(=O)O)cc1. The zero-order valence-electron chi connectivity index (χ0n) is 18.8. The fraction of sp³-hybridized carbons (Fsp3) is 0.273. The van der Waals surface area contributed by atoms with Gasteiger partial charge in [0.15, 0.2) is 0 Å². The van der Waals surface area contributed by atoms with E-state index in [1.54, 1.807) is 12.1 Å². The van der Waals surface area contributed by atoms with E-state index < -0.39 is 46.3 Å². The molecule has 14 heteroatoms.